The van der Waals surface area contributed by atoms with Crippen LogP contribution in [-0.2, 0) is 17.6 Å². The van der Waals surface area contributed by atoms with Gasteiger partial charge >= 0.3 is 6.09 Å². The lowest BCUT2D eigenvalue weighted by Crippen LogP contribution is -2.29. The molecule has 1 aromatic carbocycles. The van der Waals surface area contributed by atoms with Crippen LogP contribution in [0.1, 0.15) is 44.7 Å². The Labute approximate surface area is 116 Å². The van der Waals surface area contributed by atoms with Crippen molar-refractivity contribution in [3.05, 3.63) is 35.4 Å². The zero-order valence-electron chi connectivity index (χ0n) is 12.2. The van der Waals surface area contributed by atoms with E-state index in [1.54, 1.807) is 0 Å². The van der Waals surface area contributed by atoms with Crippen molar-refractivity contribution in [1.29, 1.82) is 0 Å². The number of aryl methyl sites for hydroxylation is 1. The van der Waals surface area contributed by atoms with Crippen LogP contribution in [0.2, 0.25) is 0 Å². The topological polar surface area (TPSA) is 52.3 Å². The lowest BCUT2D eigenvalue weighted by Gasteiger charge is -2.21. The van der Waals surface area contributed by atoms with Gasteiger partial charge < -0.3 is 10.5 Å². The summed E-state index contributed by atoms with van der Waals surface area (Å²) in [6.45, 7) is 6.28. The Morgan fingerprint density at radius 1 is 1.26 bits per heavy atom. The highest BCUT2D eigenvalue weighted by molar-refractivity contribution is 5.64. The van der Waals surface area contributed by atoms with Gasteiger partial charge in [-0.15, -0.1) is 0 Å². The van der Waals surface area contributed by atoms with E-state index in [4.69, 9.17) is 10.5 Å². The summed E-state index contributed by atoms with van der Waals surface area (Å²) in [5.41, 5.74) is 7.75. The minimum atomic E-state index is -0.690. The molecule has 0 aromatic heterocycles. The quantitative estimate of drug-likeness (QED) is 0.815. The Hall–Kier alpha value is -1.51. The van der Waals surface area contributed by atoms with Gasteiger partial charge in [0.2, 0.25) is 0 Å². The standard InChI is InChI=1S/C16H25NO2/c1-4-5-8-13-9-6-7-10-14(13)11-15(12(2)3)19-16(17)18/h6-7,9-10,12,15H,4-5,8,11H2,1-3H3,(H2,17,18). The van der Waals surface area contributed by atoms with Gasteiger partial charge in [-0.25, -0.2) is 4.79 Å². The molecule has 1 aromatic rings. The maximum absolute atomic E-state index is 11.0. The molecule has 1 rings (SSSR count). The Morgan fingerprint density at radius 3 is 2.42 bits per heavy atom. The fourth-order valence-corrected chi connectivity index (χ4v) is 2.15. The average Bonchev–Trinajstić information content (AvgIpc) is 2.36. The minimum absolute atomic E-state index is 0.153. The first-order valence-electron chi connectivity index (χ1n) is 7.07. The molecule has 0 saturated carbocycles. The Bertz CT molecular complexity index is 401. The van der Waals surface area contributed by atoms with Crippen molar-refractivity contribution in [1.82, 2.24) is 0 Å². The van der Waals surface area contributed by atoms with Crippen molar-refractivity contribution in [2.75, 3.05) is 0 Å². The number of amides is 1. The summed E-state index contributed by atoms with van der Waals surface area (Å²) in [5, 5.41) is 0. The van der Waals surface area contributed by atoms with Crippen LogP contribution in [0.15, 0.2) is 24.3 Å². The van der Waals surface area contributed by atoms with Crippen LogP contribution in [0.3, 0.4) is 0 Å². The number of primary amides is 1. The van der Waals surface area contributed by atoms with E-state index in [1.165, 1.54) is 24.0 Å². The highest BCUT2D eigenvalue weighted by Gasteiger charge is 2.18. The fourth-order valence-electron chi connectivity index (χ4n) is 2.15. The van der Waals surface area contributed by atoms with Gasteiger partial charge in [-0.2, -0.15) is 0 Å². The number of hydrogen-bond donors (Lipinski definition) is 1. The number of carbonyl (C=O) groups is 1. The van der Waals surface area contributed by atoms with Crippen molar-refractivity contribution in [3.8, 4) is 0 Å². The van der Waals surface area contributed by atoms with E-state index in [0.717, 1.165) is 12.8 Å². The fraction of sp³-hybridized carbons (Fsp3) is 0.562. The lowest BCUT2D eigenvalue weighted by atomic mass is 9.93. The molecular weight excluding hydrogens is 238 g/mol. The third kappa shape index (κ3) is 5.33. The second-order valence-electron chi connectivity index (χ2n) is 5.30. The number of ether oxygens (including phenoxy) is 1. The number of carbonyl (C=O) groups excluding carboxylic acids is 1. The second kappa shape index (κ2) is 7.82. The van der Waals surface area contributed by atoms with Crippen LogP contribution < -0.4 is 5.73 Å². The second-order valence-corrected chi connectivity index (χ2v) is 5.30. The van der Waals surface area contributed by atoms with Crippen LogP contribution >= 0.6 is 0 Å². The van der Waals surface area contributed by atoms with Crippen LogP contribution in [0.25, 0.3) is 0 Å². The molecule has 19 heavy (non-hydrogen) atoms. The zero-order valence-corrected chi connectivity index (χ0v) is 12.2. The Kier molecular flexibility index (Phi) is 6.40. The normalized spacial score (nSPS) is 12.4. The predicted octanol–water partition coefficient (Wildman–Crippen LogP) is 3.69. The van der Waals surface area contributed by atoms with Gasteiger partial charge in [0.15, 0.2) is 0 Å². The van der Waals surface area contributed by atoms with Gasteiger partial charge in [0.25, 0.3) is 0 Å². The summed E-state index contributed by atoms with van der Waals surface area (Å²) in [7, 11) is 0. The first-order valence-corrected chi connectivity index (χ1v) is 7.07. The van der Waals surface area contributed by atoms with Gasteiger partial charge in [-0.3, -0.25) is 0 Å². The number of nitrogens with two attached hydrogens (primary N) is 1. The molecule has 0 bridgehead atoms. The van der Waals surface area contributed by atoms with E-state index >= 15 is 0 Å². The molecule has 1 amide bonds. The zero-order chi connectivity index (χ0) is 14.3. The summed E-state index contributed by atoms with van der Waals surface area (Å²) < 4.78 is 5.21. The third-order valence-corrected chi connectivity index (χ3v) is 3.35. The molecule has 0 aliphatic rings. The Balaban J connectivity index is 2.80. The molecule has 3 heteroatoms. The molecule has 2 N–H and O–H groups in total. The molecule has 0 saturated heterocycles. The van der Waals surface area contributed by atoms with Crippen LogP contribution in [-0.4, -0.2) is 12.2 Å². The Morgan fingerprint density at radius 2 is 1.89 bits per heavy atom. The van der Waals surface area contributed by atoms with E-state index in [-0.39, 0.29) is 12.0 Å². The number of benzene rings is 1. The van der Waals surface area contributed by atoms with Gasteiger partial charge in [-0.1, -0.05) is 51.5 Å². The van der Waals surface area contributed by atoms with Crippen LogP contribution in [0.4, 0.5) is 4.79 Å². The van der Waals surface area contributed by atoms with E-state index < -0.39 is 6.09 Å². The van der Waals surface area contributed by atoms with Gasteiger partial charge in [-0.05, 0) is 29.9 Å². The van der Waals surface area contributed by atoms with Crippen LogP contribution in [0, 0.1) is 5.92 Å². The molecular formula is C16H25NO2. The molecule has 1 atom stereocenters. The maximum atomic E-state index is 11.0. The van der Waals surface area contributed by atoms with E-state index in [9.17, 15) is 4.79 Å². The van der Waals surface area contributed by atoms with E-state index in [0.29, 0.717) is 0 Å². The molecule has 3 nitrogen and oxygen atoms in total. The van der Waals surface area contributed by atoms with Crippen LogP contribution in [0.5, 0.6) is 0 Å². The van der Waals surface area contributed by atoms with Crippen molar-refractivity contribution in [2.45, 2.75) is 52.6 Å². The molecule has 0 aliphatic heterocycles. The molecule has 0 aliphatic carbocycles. The molecule has 0 radical (unpaired) electrons. The van der Waals surface area contributed by atoms with Crippen molar-refractivity contribution >= 4 is 6.09 Å². The molecule has 0 fully saturated rings. The van der Waals surface area contributed by atoms with E-state index in [2.05, 4.69) is 25.1 Å². The van der Waals surface area contributed by atoms with Crippen molar-refractivity contribution < 1.29 is 9.53 Å². The van der Waals surface area contributed by atoms with Gasteiger partial charge in [0.05, 0.1) is 0 Å². The monoisotopic (exact) mass is 263 g/mol. The third-order valence-electron chi connectivity index (χ3n) is 3.35. The number of rotatable bonds is 7. The highest BCUT2D eigenvalue weighted by Crippen LogP contribution is 2.19. The first-order chi connectivity index (χ1) is 9.04. The highest BCUT2D eigenvalue weighted by atomic mass is 16.6. The first kappa shape index (κ1) is 15.5. The smallest absolute Gasteiger partial charge is 0.404 e. The summed E-state index contributed by atoms with van der Waals surface area (Å²) in [5.74, 6) is 0.256. The van der Waals surface area contributed by atoms with Gasteiger partial charge in [0, 0.05) is 6.42 Å². The summed E-state index contributed by atoms with van der Waals surface area (Å²) >= 11 is 0. The summed E-state index contributed by atoms with van der Waals surface area (Å²) in [4.78, 5) is 11.0. The van der Waals surface area contributed by atoms with E-state index in [1.807, 2.05) is 19.9 Å². The summed E-state index contributed by atoms with van der Waals surface area (Å²) in [6, 6.07) is 8.37. The predicted molar refractivity (Wildman–Crippen MR) is 78.1 cm³/mol. The largest absolute Gasteiger partial charge is 0.446 e. The molecule has 1 unspecified atom stereocenters. The maximum Gasteiger partial charge on any atom is 0.404 e. The minimum Gasteiger partial charge on any atom is -0.446 e. The van der Waals surface area contributed by atoms with Crippen molar-refractivity contribution in [3.63, 3.8) is 0 Å². The number of unbranched alkanes of at least 4 members (excludes halogenated alkanes) is 1. The van der Waals surface area contributed by atoms with Gasteiger partial charge in [0.1, 0.15) is 6.10 Å². The molecule has 106 valence electrons. The SMILES string of the molecule is CCCCc1ccccc1CC(OC(N)=O)C(C)C. The number of hydrogen-bond acceptors (Lipinski definition) is 2. The average molecular weight is 263 g/mol. The molecule has 0 spiro atoms. The summed E-state index contributed by atoms with van der Waals surface area (Å²) in [6.07, 6.45) is 3.33. The lowest BCUT2D eigenvalue weighted by molar-refractivity contribution is 0.0786. The van der Waals surface area contributed by atoms with Crippen molar-refractivity contribution in [2.24, 2.45) is 11.7 Å². The molecule has 0 heterocycles.